The Hall–Kier alpha value is -2.40. The zero-order valence-corrected chi connectivity index (χ0v) is 12.5. The smallest absolute Gasteiger partial charge is 0.225 e. The third-order valence-electron chi connectivity index (χ3n) is 4.24. The number of rotatable bonds is 5. The van der Waals surface area contributed by atoms with E-state index in [1.54, 1.807) is 41.3 Å². The number of aliphatic hydroxyl groups excluding tert-OH is 1. The Morgan fingerprint density at radius 2 is 1.78 bits per heavy atom. The number of benzene rings is 2. The molecule has 1 aliphatic heterocycles. The number of phenols is 1. The Morgan fingerprint density at radius 3 is 2.39 bits per heavy atom. The molecule has 2 N–H and O–H groups in total. The molecule has 0 aromatic heterocycles. The normalized spacial score (nSPS) is 18.6. The molecule has 1 fully saturated rings. The number of amides is 1. The summed E-state index contributed by atoms with van der Waals surface area (Å²) >= 11 is 0. The van der Waals surface area contributed by atoms with Crippen molar-refractivity contribution < 1.29 is 19.4 Å². The van der Waals surface area contributed by atoms with E-state index in [2.05, 4.69) is 0 Å². The van der Waals surface area contributed by atoms with Gasteiger partial charge in [-0.15, -0.1) is 0 Å². The van der Waals surface area contributed by atoms with Gasteiger partial charge in [-0.25, -0.2) is 4.39 Å². The maximum absolute atomic E-state index is 12.9. The summed E-state index contributed by atoms with van der Waals surface area (Å²) in [6, 6.07) is 12.5. The Kier molecular flexibility index (Phi) is 4.30. The maximum atomic E-state index is 12.9. The third-order valence-corrected chi connectivity index (χ3v) is 4.24. The monoisotopic (exact) mass is 315 g/mol. The lowest BCUT2D eigenvalue weighted by Gasteiger charge is -2.41. The molecule has 2 atom stereocenters. The highest BCUT2D eigenvalue weighted by molar-refractivity contribution is 5.83. The molecule has 0 radical (unpaired) electrons. The Labute approximate surface area is 133 Å². The summed E-state index contributed by atoms with van der Waals surface area (Å²) in [6.45, 7) is 0.433. The molecule has 5 heteroatoms. The highest BCUT2D eigenvalue weighted by Gasteiger charge is 2.36. The number of aliphatic hydroxyl groups is 1. The second-order valence-electron chi connectivity index (χ2n) is 5.75. The van der Waals surface area contributed by atoms with E-state index in [4.69, 9.17) is 0 Å². The van der Waals surface area contributed by atoms with E-state index in [0.29, 0.717) is 24.9 Å². The molecule has 0 bridgehead atoms. The molecule has 3 rings (SSSR count). The van der Waals surface area contributed by atoms with Gasteiger partial charge in [0, 0.05) is 6.54 Å². The topological polar surface area (TPSA) is 60.8 Å². The summed E-state index contributed by atoms with van der Waals surface area (Å²) in [5, 5.41) is 19.5. The van der Waals surface area contributed by atoms with Crippen LogP contribution in [0.1, 0.15) is 36.1 Å². The number of carbonyl (C=O) groups is 1. The number of aromatic hydroxyl groups is 1. The van der Waals surface area contributed by atoms with Crippen LogP contribution in [0.5, 0.6) is 5.75 Å². The van der Waals surface area contributed by atoms with E-state index in [1.165, 1.54) is 12.1 Å². The van der Waals surface area contributed by atoms with E-state index < -0.39 is 6.10 Å². The Bertz CT molecular complexity index is 684. The van der Waals surface area contributed by atoms with Crippen LogP contribution in [0.2, 0.25) is 0 Å². The van der Waals surface area contributed by atoms with Crippen molar-refractivity contribution in [2.24, 2.45) is 0 Å². The zero-order chi connectivity index (χ0) is 16.4. The van der Waals surface area contributed by atoms with Crippen LogP contribution < -0.4 is 0 Å². The molecule has 0 unspecified atom stereocenters. The maximum Gasteiger partial charge on any atom is 0.225 e. The molecule has 0 spiro atoms. The molecule has 1 heterocycles. The molecule has 2 aromatic rings. The van der Waals surface area contributed by atoms with Crippen LogP contribution in [0.4, 0.5) is 4.39 Å². The number of β-lactam (4-membered cyclic amide) rings is 1. The summed E-state index contributed by atoms with van der Waals surface area (Å²) < 4.78 is 12.9. The van der Waals surface area contributed by atoms with Gasteiger partial charge < -0.3 is 15.1 Å². The second kappa shape index (κ2) is 6.38. The summed E-state index contributed by atoms with van der Waals surface area (Å²) in [7, 11) is 0. The molecular weight excluding hydrogens is 297 g/mol. The number of phenolic OH excluding ortho intramolecular Hbond substituents is 1. The average Bonchev–Trinajstić information content (AvgIpc) is 2.54. The quantitative estimate of drug-likeness (QED) is 0.834. The number of halogens is 1. The summed E-state index contributed by atoms with van der Waals surface area (Å²) in [5.41, 5.74) is 1.61. The molecule has 23 heavy (non-hydrogen) atoms. The van der Waals surface area contributed by atoms with Crippen molar-refractivity contribution in [2.45, 2.75) is 25.0 Å². The number of carbonyl (C=O) groups excluding carboxylic acids is 1. The molecule has 0 saturated carbocycles. The van der Waals surface area contributed by atoms with Crippen molar-refractivity contribution in [2.75, 3.05) is 6.54 Å². The molecule has 2 aromatic carbocycles. The predicted octanol–water partition coefficient (Wildman–Crippen LogP) is 2.93. The van der Waals surface area contributed by atoms with Crippen LogP contribution in [-0.4, -0.2) is 27.6 Å². The van der Waals surface area contributed by atoms with Gasteiger partial charge >= 0.3 is 0 Å². The van der Waals surface area contributed by atoms with E-state index in [1.807, 2.05) is 0 Å². The van der Waals surface area contributed by atoms with Gasteiger partial charge in [-0.1, -0.05) is 24.3 Å². The molecule has 120 valence electrons. The van der Waals surface area contributed by atoms with Crippen LogP contribution in [0.3, 0.4) is 0 Å². The summed E-state index contributed by atoms with van der Waals surface area (Å²) in [4.78, 5) is 13.5. The first kappa shape index (κ1) is 15.5. The molecule has 0 aliphatic carbocycles. The minimum Gasteiger partial charge on any atom is -0.508 e. The van der Waals surface area contributed by atoms with E-state index in [0.717, 1.165) is 5.56 Å². The number of hydrogen-bond acceptors (Lipinski definition) is 3. The lowest BCUT2D eigenvalue weighted by Crippen LogP contribution is -2.47. The van der Waals surface area contributed by atoms with Crippen molar-refractivity contribution in [3.05, 3.63) is 65.5 Å². The van der Waals surface area contributed by atoms with Gasteiger partial charge in [0.2, 0.25) is 5.91 Å². The highest BCUT2D eigenvalue weighted by atomic mass is 19.1. The number of hydrogen-bond donors (Lipinski definition) is 2. The number of likely N-dealkylation sites (tertiary alicyclic amines) is 1. The first-order valence-corrected chi connectivity index (χ1v) is 7.56. The van der Waals surface area contributed by atoms with Crippen LogP contribution in [-0.2, 0) is 4.79 Å². The Morgan fingerprint density at radius 1 is 1.13 bits per heavy atom. The first-order chi connectivity index (χ1) is 11.0. The average molecular weight is 315 g/mol. The Balaban J connectivity index is 1.61. The lowest BCUT2D eigenvalue weighted by atomic mass is 9.93. The highest BCUT2D eigenvalue weighted by Crippen LogP contribution is 2.35. The standard InChI is InChI=1S/C18H18FNO3/c19-14-5-1-13(2-6-14)17(22)9-10-20-16(11-18(20)23)12-3-7-15(21)8-4-12/h1-8,16-17,21-22H,9-11H2/t16-,17-/m0/s1. The van der Waals surface area contributed by atoms with Gasteiger partial charge in [-0.2, -0.15) is 0 Å². The minimum atomic E-state index is -0.732. The van der Waals surface area contributed by atoms with Gasteiger partial charge in [0.05, 0.1) is 18.6 Å². The number of nitrogens with zero attached hydrogens (tertiary/aromatic N) is 1. The summed E-state index contributed by atoms with van der Waals surface area (Å²) in [6.07, 6.45) is 0.105. The second-order valence-corrected chi connectivity index (χ2v) is 5.75. The summed E-state index contributed by atoms with van der Waals surface area (Å²) in [5.74, 6) is -0.0988. The van der Waals surface area contributed by atoms with E-state index in [-0.39, 0.29) is 23.5 Å². The van der Waals surface area contributed by atoms with Crippen LogP contribution in [0, 0.1) is 5.82 Å². The van der Waals surface area contributed by atoms with Crippen LogP contribution in [0.25, 0.3) is 0 Å². The van der Waals surface area contributed by atoms with Gasteiger partial charge in [0.1, 0.15) is 11.6 Å². The van der Waals surface area contributed by atoms with Crippen molar-refractivity contribution >= 4 is 5.91 Å². The molecule has 4 nitrogen and oxygen atoms in total. The van der Waals surface area contributed by atoms with Crippen LogP contribution in [0.15, 0.2) is 48.5 Å². The van der Waals surface area contributed by atoms with E-state index in [9.17, 15) is 19.4 Å². The van der Waals surface area contributed by atoms with Gasteiger partial charge in [-0.05, 0) is 41.8 Å². The molecule has 1 saturated heterocycles. The molecule has 1 amide bonds. The predicted molar refractivity (Wildman–Crippen MR) is 83.2 cm³/mol. The van der Waals surface area contributed by atoms with E-state index >= 15 is 0 Å². The van der Waals surface area contributed by atoms with Gasteiger partial charge in [0.15, 0.2) is 0 Å². The fourth-order valence-electron chi connectivity index (χ4n) is 2.84. The van der Waals surface area contributed by atoms with Crippen molar-refractivity contribution in [3.8, 4) is 5.75 Å². The van der Waals surface area contributed by atoms with Gasteiger partial charge in [-0.3, -0.25) is 4.79 Å². The first-order valence-electron chi connectivity index (χ1n) is 7.56. The fourth-order valence-corrected chi connectivity index (χ4v) is 2.84. The van der Waals surface area contributed by atoms with Crippen molar-refractivity contribution in [1.82, 2.24) is 4.90 Å². The van der Waals surface area contributed by atoms with Crippen LogP contribution >= 0.6 is 0 Å². The van der Waals surface area contributed by atoms with Crippen molar-refractivity contribution in [1.29, 1.82) is 0 Å². The molecule has 1 aliphatic rings. The zero-order valence-electron chi connectivity index (χ0n) is 12.5. The fraction of sp³-hybridized carbons (Fsp3) is 0.278. The SMILES string of the molecule is O=C1C[C@@H](c2ccc(O)cc2)N1CC[C@H](O)c1ccc(F)cc1. The lowest BCUT2D eigenvalue weighted by molar-refractivity contribution is -0.146. The van der Waals surface area contributed by atoms with Gasteiger partial charge in [0.25, 0.3) is 0 Å². The largest absolute Gasteiger partial charge is 0.508 e. The minimum absolute atomic E-state index is 0.0106. The molecular formula is C18H18FNO3. The third kappa shape index (κ3) is 3.35. The van der Waals surface area contributed by atoms with Crippen molar-refractivity contribution in [3.63, 3.8) is 0 Å².